The van der Waals surface area contributed by atoms with Crippen molar-refractivity contribution in [3.63, 3.8) is 0 Å². The molecule has 1 aliphatic carbocycles. The minimum absolute atomic E-state index is 0.0113. The van der Waals surface area contributed by atoms with Gasteiger partial charge in [-0.2, -0.15) is 5.10 Å². The van der Waals surface area contributed by atoms with Gasteiger partial charge in [-0.3, -0.25) is 4.79 Å². The highest BCUT2D eigenvalue weighted by Gasteiger charge is 2.30. The lowest BCUT2D eigenvalue weighted by Gasteiger charge is -2.32. The van der Waals surface area contributed by atoms with E-state index in [2.05, 4.69) is 4.57 Å². The second kappa shape index (κ2) is 10.8. The van der Waals surface area contributed by atoms with Crippen LogP contribution in [0.5, 0.6) is 5.75 Å². The number of benzene rings is 1. The molecule has 10 heteroatoms. The summed E-state index contributed by atoms with van der Waals surface area (Å²) in [4.78, 5) is 26.5. The van der Waals surface area contributed by atoms with Gasteiger partial charge in [0.15, 0.2) is 0 Å². The number of halogens is 1. The van der Waals surface area contributed by atoms with Crippen molar-refractivity contribution in [2.75, 3.05) is 41.0 Å². The van der Waals surface area contributed by atoms with Crippen LogP contribution in [0.1, 0.15) is 53.1 Å². The number of piperidine rings is 1. The quantitative estimate of drug-likeness (QED) is 0.282. The Labute approximate surface area is 237 Å². The summed E-state index contributed by atoms with van der Waals surface area (Å²) in [6.45, 7) is 4.13. The van der Waals surface area contributed by atoms with Crippen molar-refractivity contribution in [2.24, 2.45) is 5.92 Å². The van der Waals surface area contributed by atoms with Crippen molar-refractivity contribution in [1.29, 1.82) is 0 Å². The second-order valence-electron chi connectivity index (χ2n) is 11.2. The third kappa shape index (κ3) is 4.94. The third-order valence-electron chi connectivity index (χ3n) is 8.49. The van der Waals surface area contributed by atoms with Crippen LogP contribution < -0.4 is 4.74 Å². The fourth-order valence-corrected chi connectivity index (χ4v) is 6.23. The van der Waals surface area contributed by atoms with Gasteiger partial charge < -0.3 is 23.7 Å². The van der Waals surface area contributed by atoms with Gasteiger partial charge in [-0.1, -0.05) is 0 Å². The molecular weight excluding hydrogens is 527 g/mol. The second-order valence-corrected chi connectivity index (χ2v) is 11.2. The number of hydrogen-bond donors (Lipinski definition) is 0. The maximum Gasteiger partial charge on any atom is 0.339 e. The first-order valence-corrected chi connectivity index (χ1v) is 14.1. The Bertz CT molecular complexity index is 1650. The summed E-state index contributed by atoms with van der Waals surface area (Å²) in [6, 6.07) is 6.97. The van der Waals surface area contributed by atoms with E-state index in [4.69, 9.17) is 19.3 Å². The number of aromatic nitrogens is 3. The molecule has 1 aliphatic heterocycles. The van der Waals surface area contributed by atoms with Crippen molar-refractivity contribution in [1.82, 2.24) is 19.1 Å². The molecule has 6 rings (SSSR count). The Morgan fingerprint density at radius 1 is 1.02 bits per heavy atom. The Morgan fingerprint density at radius 2 is 1.78 bits per heavy atom. The molecule has 0 radical (unpaired) electrons. The van der Waals surface area contributed by atoms with E-state index in [9.17, 15) is 9.59 Å². The topological polar surface area (TPSA) is 87.3 Å². The predicted molar refractivity (Wildman–Crippen MR) is 152 cm³/mol. The smallest absolute Gasteiger partial charge is 0.339 e. The number of likely N-dealkylation sites (tertiary alicyclic amines) is 1. The number of esters is 1. The van der Waals surface area contributed by atoms with Gasteiger partial charge in [0, 0.05) is 43.9 Å². The van der Waals surface area contributed by atoms with Crippen molar-refractivity contribution >= 4 is 28.3 Å². The van der Waals surface area contributed by atoms with Gasteiger partial charge in [0.05, 0.1) is 31.0 Å². The lowest BCUT2D eigenvalue weighted by molar-refractivity contribution is -0.136. The average Bonchev–Trinajstić information content (AvgIpc) is 3.65. The molecule has 9 nitrogen and oxygen atoms in total. The van der Waals surface area contributed by atoms with Crippen LogP contribution >= 0.6 is 0 Å². The first-order valence-electron chi connectivity index (χ1n) is 14.1. The summed E-state index contributed by atoms with van der Waals surface area (Å²) in [5, 5.41) is 5.76. The molecule has 1 saturated heterocycles. The van der Waals surface area contributed by atoms with E-state index in [1.54, 1.807) is 36.0 Å². The SMILES string of the molecule is COCC(=O)N1CCC(c2cc(F)cc3cc(-c4nn5cc(C(=O)OC)cc(OC)c5c4C)n(CC4CC4)c23)CC1. The number of fused-ring (bicyclic) bond motifs is 2. The highest BCUT2D eigenvalue weighted by atomic mass is 19.1. The molecule has 216 valence electrons. The lowest BCUT2D eigenvalue weighted by Crippen LogP contribution is -2.39. The Kier molecular flexibility index (Phi) is 7.19. The summed E-state index contributed by atoms with van der Waals surface area (Å²) >= 11 is 0. The molecule has 4 heterocycles. The number of methoxy groups -OCH3 is 3. The molecule has 3 aromatic heterocycles. The molecule has 2 aliphatic rings. The first-order chi connectivity index (χ1) is 19.8. The molecule has 0 spiro atoms. The molecule has 0 N–H and O–H groups in total. The van der Waals surface area contributed by atoms with Gasteiger partial charge in [-0.15, -0.1) is 0 Å². The number of carbonyl (C=O) groups excluding carboxylic acids is 2. The van der Waals surface area contributed by atoms with Gasteiger partial charge in [0.2, 0.25) is 5.91 Å². The molecule has 1 saturated carbocycles. The molecule has 1 amide bonds. The van der Waals surface area contributed by atoms with Gasteiger partial charge in [-0.25, -0.2) is 13.7 Å². The number of nitrogens with zero attached hydrogens (tertiary/aromatic N) is 4. The summed E-state index contributed by atoms with van der Waals surface area (Å²) < 4.78 is 34.7. The van der Waals surface area contributed by atoms with E-state index in [-0.39, 0.29) is 24.2 Å². The van der Waals surface area contributed by atoms with Crippen LogP contribution in [0.4, 0.5) is 4.39 Å². The normalized spacial score (nSPS) is 16.1. The Morgan fingerprint density at radius 3 is 2.44 bits per heavy atom. The fourth-order valence-electron chi connectivity index (χ4n) is 6.23. The van der Waals surface area contributed by atoms with E-state index in [1.807, 2.05) is 17.9 Å². The van der Waals surface area contributed by atoms with Crippen LogP contribution in [0.15, 0.2) is 30.5 Å². The molecule has 2 fully saturated rings. The van der Waals surface area contributed by atoms with Gasteiger partial charge in [0.1, 0.15) is 29.4 Å². The van der Waals surface area contributed by atoms with Crippen LogP contribution in [-0.4, -0.2) is 72.0 Å². The minimum atomic E-state index is -0.474. The van der Waals surface area contributed by atoms with Crippen molar-refractivity contribution < 1.29 is 28.2 Å². The standard InChI is InChI=1S/C31H35FN4O5/c1-18-28(33-36-16-22(31(38)41-4)13-26(40-3)29(18)36)25-12-21-11-23(32)14-24(30(21)35(25)15-19-5-6-19)20-7-9-34(10-8-20)27(37)17-39-2/h11-14,16,19-20H,5-10,15,17H2,1-4H3. The maximum absolute atomic E-state index is 15.1. The number of aryl methyl sites for hydroxylation is 1. The zero-order valence-corrected chi connectivity index (χ0v) is 23.9. The predicted octanol–water partition coefficient (Wildman–Crippen LogP) is 4.96. The summed E-state index contributed by atoms with van der Waals surface area (Å²) in [7, 11) is 4.43. The monoisotopic (exact) mass is 562 g/mol. The molecule has 0 unspecified atom stereocenters. The van der Waals surface area contributed by atoms with Crippen molar-refractivity contribution in [3.05, 3.63) is 53.0 Å². The molecule has 0 atom stereocenters. The first kappa shape index (κ1) is 27.3. The van der Waals surface area contributed by atoms with E-state index < -0.39 is 5.97 Å². The molecule has 0 bridgehead atoms. The van der Waals surface area contributed by atoms with E-state index in [0.717, 1.165) is 71.2 Å². The van der Waals surface area contributed by atoms with E-state index in [0.29, 0.717) is 30.3 Å². The highest BCUT2D eigenvalue weighted by molar-refractivity contribution is 5.93. The van der Waals surface area contributed by atoms with Crippen molar-refractivity contribution in [3.8, 4) is 17.1 Å². The van der Waals surface area contributed by atoms with Crippen LogP contribution in [0.2, 0.25) is 0 Å². The summed E-state index contributed by atoms with van der Waals surface area (Å²) in [5.41, 5.74) is 5.70. The fraction of sp³-hybridized carbons (Fsp3) is 0.452. The van der Waals surface area contributed by atoms with Gasteiger partial charge in [-0.05, 0) is 74.3 Å². The number of pyridine rings is 1. The zero-order valence-electron chi connectivity index (χ0n) is 23.9. The Balaban J connectivity index is 1.48. The number of rotatable bonds is 8. The third-order valence-corrected chi connectivity index (χ3v) is 8.49. The van der Waals surface area contributed by atoms with Crippen LogP contribution in [0, 0.1) is 18.7 Å². The van der Waals surface area contributed by atoms with Crippen molar-refractivity contribution in [2.45, 2.75) is 45.1 Å². The van der Waals surface area contributed by atoms with Gasteiger partial charge >= 0.3 is 5.97 Å². The maximum atomic E-state index is 15.1. The minimum Gasteiger partial charge on any atom is -0.494 e. The van der Waals surface area contributed by atoms with Crippen LogP contribution in [-0.2, 0) is 20.8 Å². The molecular formula is C31H35FN4O5. The zero-order chi connectivity index (χ0) is 28.8. The summed E-state index contributed by atoms with van der Waals surface area (Å²) in [6.07, 6.45) is 5.50. The Hall–Kier alpha value is -3.92. The van der Waals surface area contributed by atoms with Crippen LogP contribution in [0.25, 0.3) is 27.8 Å². The largest absolute Gasteiger partial charge is 0.494 e. The number of amides is 1. The average molecular weight is 563 g/mol. The summed E-state index contributed by atoms with van der Waals surface area (Å²) in [5.74, 6) is 0.465. The van der Waals surface area contributed by atoms with Crippen LogP contribution in [0.3, 0.4) is 0 Å². The highest BCUT2D eigenvalue weighted by Crippen LogP contribution is 2.42. The molecule has 41 heavy (non-hydrogen) atoms. The lowest BCUT2D eigenvalue weighted by atomic mass is 9.88. The van der Waals surface area contributed by atoms with Gasteiger partial charge in [0.25, 0.3) is 0 Å². The molecule has 4 aromatic rings. The van der Waals surface area contributed by atoms with E-state index in [1.165, 1.54) is 14.2 Å². The number of hydrogen-bond acceptors (Lipinski definition) is 6. The number of carbonyl (C=O) groups is 2. The molecule has 1 aromatic carbocycles. The number of ether oxygens (including phenoxy) is 3. The van der Waals surface area contributed by atoms with E-state index >= 15 is 4.39 Å².